The van der Waals surface area contributed by atoms with Crippen molar-refractivity contribution in [3.8, 4) is 11.5 Å². The van der Waals surface area contributed by atoms with Gasteiger partial charge in [0.2, 0.25) is 9.84 Å². The second-order valence-electron chi connectivity index (χ2n) is 4.40. The SMILES string of the molecule is Cc1cc(S(=O)(=O)c2cccc(O)c2)c(C)cc1O. The highest BCUT2D eigenvalue weighted by Crippen LogP contribution is 2.30. The fourth-order valence-corrected chi connectivity index (χ4v) is 3.44. The van der Waals surface area contributed by atoms with Crippen LogP contribution in [0.15, 0.2) is 46.2 Å². The number of hydrogen-bond acceptors (Lipinski definition) is 4. The molecule has 2 aromatic rings. The lowest BCUT2D eigenvalue weighted by molar-refractivity contribution is 0.469. The second kappa shape index (κ2) is 4.59. The quantitative estimate of drug-likeness (QED) is 0.885. The Balaban J connectivity index is 2.67. The Labute approximate surface area is 111 Å². The number of rotatable bonds is 2. The summed E-state index contributed by atoms with van der Waals surface area (Å²) in [5.74, 6) is -0.0402. The molecule has 0 atom stereocenters. The largest absolute Gasteiger partial charge is 0.508 e. The van der Waals surface area contributed by atoms with Gasteiger partial charge in [0, 0.05) is 0 Å². The Morgan fingerprint density at radius 3 is 2.26 bits per heavy atom. The zero-order chi connectivity index (χ0) is 14.2. The Hall–Kier alpha value is -2.01. The summed E-state index contributed by atoms with van der Waals surface area (Å²) in [6.45, 7) is 3.26. The van der Waals surface area contributed by atoms with Crippen LogP contribution < -0.4 is 0 Å². The third-order valence-corrected chi connectivity index (χ3v) is 4.80. The number of aryl methyl sites for hydroxylation is 2. The topological polar surface area (TPSA) is 74.6 Å². The molecule has 0 aliphatic rings. The van der Waals surface area contributed by atoms with Crippen molar-refractivity contribution < 1.29 is 18.6 Å². The van der Waals surface area contributed by atoms with Crippen molar-refractivity contribution in [3.05, 3.63) is 47.5 Å². The molecule has 0 fully saturated rings. The van der Waals surface area contributed by atoms with Gasteiger partial charge in [-0.05, 0) is 55.3 Å². The molecule has 2 N–H and O–H groups in total. The van der Waals surface area contributed by atoms with Crippen molar-refractivity contribution in [1.29, 1.82) is 0 Å². The third-order valence-electron chi connectivity index (χ3n) is 2.91. The van der Waals surface area contributed by atoms with Crippen LogP contribution in [0.25, 0.3) is 0 Å². The van der Waals surface area contributed by atoms with E-state index in [-0.39, 0.29) is 21.3 Å². The molecule has 0 amide bonds. The first-order chi connectivity index (χ1) is 8.82. The zero-order valence-corrected chi connectivity index (χ0v) is 11.4. The number of phenolic OH excluding ortho intramolecular Hbond substituents is 2. The van der Waals surface area contributed by atoms with Crippen LogP contribution in [-0.2, 0) is 9.84 Å². The highest BCUT2D eigenvalue weighted by atomic mass is 32.2. The molecule has 0 bridgehead atoms. The van der Waals surface area contributed by atoms with Crippen LogP contribution in [-0.4, -0.2) is 18.6 Å². The van der Waals surface area contributed by atoms with Crippen LogP contribution in [0.1, 0.15) is 11.1 Å². The van der Waals surface area contributed by atoms with E-state index in [1.165, 1.54) is 36.4 Å². The van der Waals surface area contributed by atoms with Gasteiger partial charge in [-0.1, -0.05) is 6.07 Å². The molecule has 0 unspecified atom stereocenters. The standard InChI is InChI=1S/C14H14O4S/c1-9-7-14(10(2)6-13(9)16)19(17,18)12-5-3-4-11(15)8-12/h3-8,15-16H,1-2H3. The highest BCUT2D eigenvalue weighted by Gasteiger charge is 2.21. The number of sulfone groups is 1. The van der Waals surface area contributed by atoms with Crippen LogP contribution in [0.2, 0.25) is 0 Å². The average molecular weight is 278 g/mol. The van der Waals surface area contributed by atoms with Crippen molar-refractivity contribution in [3.63, 3.8) is 0 Å². The lowest BCUT2D eigenvalue weighted by Gasteiger charge is -2.10. The molecule has 2 rings (SSSR count). The minimum atomic E-state index is -3.70. The maximum Gasteiger partial charge on any atom is 0.207 e. The molecule has 0 saturated heterocycles. The molecule has 0 aliphatic carbocycles. The first kappa shape index (κ1) is 13.4. The normalized spacial score (nSPS) is 11.5. The van der Waals surface area contributed by atoms with Crippen LogP contribution in [0.4, 0.5) is 0 Å². The lowest BCUT2D eigenvalue weighted by Crippen LogP contribution is -2.04. The first-order valence-corrected chi connectivity index (χ1v) is 7.15. The monoisotopic (exact) mass is 278 g/mol. The van der Waals surface area contributed by atoms with Crippen molar-refractivity contribution >= 4 is 9.84 Å². The minimum absolute atomic E-state index is 0.0284. The summed E-state index contributed by atoms with van der Waals surface area (Å²) >= 11 is 0. The van der Waals surface area contributed by atoms with Gasteiger partial charge in [0.25, 0.3) is 0 Å². The van der Waals surface area contributed by atoms with E-state index in [0.717, 1.165) is 0 Å². The Morgan fingerprint density at radius 2 is 1.63 bits per heavy atom. The molecule has 0 saturated carbocycles. The molecule has 0 spiro atoms. The van der Waals surface area contributed by atoms with Gasteiger partial charge in [-0.3, -0.25) is 0 Å². The molecule has 2 aromatic carbocycles. The summed E-state index contributed by atoms with van der Waals surface area (Å²) in [6.07, 6.45) is 0. The summed E-state index contributed by atoms with van der Waals surface area (Å²) in [7, 11) is -3.70. The number of benzene rings is 2. The van der Waals surface area contributed by atoms with E-state index in [1.54, 1.807) is 13.8 Å². The Morgan fingerprint density at radius 1 is 0.947 bits per heavy atom. The second-order valence-corrected chi connectivity index (χ2v) is 6.32. The van der Waals surface area contributed by atoms with Crippen molar-refractivity contribution in [2.24, 2.45) is 0 Å². The summed E-state index contributed by atoms with van der Waals surface area (Å²) in [6, 6.07) is 8.38. The van der Waals surface area contributed by atoms with Gasteiger partial charge in [0.05, 0.1) is 9.79 Å². The van der Waals surface area contributed by atoms with Crippen LogP contribution in [0.5, 0.6) is 11.5 Å². The van der Waals surface area contributed by atoms with Crippen molar-refractivity contribution in [1.82, 2.24) is 0 Å². The summed E-state index contributed by atoms with van der Waals surface area (Å²) in [5.41, 5.74) is 0.954. The molecule has 5 heteroatoms. The molecule has 0 heterocycles. The molecule has 0 aliphatic heterocycles. The average Bonchev–Trinajstić information content (AvgIpc) is 2.33. The molecule has 0 radical (unpaired) electrons. The maximum atomic E-state index is 12.5. The maximum absolute atomic E-state index is 12.5. The van der Waals surface area contributed by atoms with E-state index in [9.17, 15) is 18.6 Å². The van der Waals surface area contributed by atoms with E-state index in [0.29, 0.717) is 11.1 Å². The Bertz CT molecular complexity index is 733. The highest BCUT2D eigenvalue weighted by molar-refractivity contribution is 7.91. The first-order valence-electron chi connectivity index (χ1n) is 5.66. The number of phenols is 2. The number of hydrogen-bond donors (Lipinski definition) is 2. The number of aromatic hydroxyl groups is 2. The minimum Gasteiger partial charge on any atom is -0.508 e. The van der Waals surface area contributed by atoms with E-state index in [2.05, 4.69) is 0 Å². The van der Waals surface area contributed by atoms with E-state index in [4.69, 9.17) is 0 Å². The molecule has 4 nitrogen and oxygen atoms in total. The van der Waals surface area contributed by atoms with Gasteiger partial charge in [-0.2, -0.15) is 0 Å². The summed E-state index contributed by atoms with van der Waals surface area (Å²) < 4.78 is 25.0. The van der Waals surface area contributed by atoms with Gasteiger partial charge in [-0.15, -0.1) is 0 Å². The van der Waals surface area contributed by atoms with E-state index < -0.39 is 9.84 Å². The van der Waals surface area contributed by atoms with E-state index in [1.807, 2.05) is 0 Å². The third kappa shape index (κ3) is 2.42. The smallest absolute Gasteiger partial charge is 0.207 e. The molecular formula is C14H14O4S. The van der Waals surface area contributed by atoms with Crippen molar-refractivity contribution in [2.75, 3.05) is 0 Å². The summed E-state index contributed by atoms with van der Waals surface area (Å²) in [4.78, 5) is 0.161. The predicted molar refractivity (Wildman–Crippen MR) is 71.1 cm³/mol. The van der Waals surface area contributed by atoms with Gasteiger partial charge >= 0.3 is 0 Å². The fourth-order valence-electron chi connectivity index (χ4n) is 1.84. The fraction of sp³-hybridized carbons (Fsp3) is 0.143. The van der Waals surface area contributed by atoms with Gasteiger partial charge in [0.1, 0.15) is 11.5 Å². The van der Waals surface area contributed by atoms with E-state index >= 15 is 0 Å². The predicted octanol–water partition coefficient (Wildman–Crippen LogP) is 2.55. The molecule has 0 aromatic heterocycles. The molecule has 19 heavy (non-hydrogen) atoms. The van der Waals surface area contributed by atoms with Crippen LogP contribution in [0, 0.1) is 13.8 Å². The Kier molecular flexibility index (Phi) is 3.24. The van der Waals surface area contributed by atoms with Crippen LogP contribution >= 0.6 is 0 Å². The van der Waals surface area contributed by atoms with Gasteiger partial charge in [0.15, 0.2) is 0 Å². The van der Waals surface area contributed by atoms with Gasteiger partial charge in [-0.25, -0.2) is 8.42 Å². The molecule has 100 valence electrons. The zero-order valence-electron chi connectivity index (χ0n) is 10.6. The van der Waals surface area contributed by atoms with Crippen LogP contribution in [0.3, 0.4) is 0 Å². The van der Waals surface area contributed by atoms with Crippen molar-refractivity contribution in [2.45, 2.75) is 23.6 Å². The molecular weight excluding hydrogens is 264 g/mol. The van der Waals surface area contributed by atoms with Gasteiger partial charge < -0.3 is 10.2 Å². The lowest BCUT2D eigenvalue weighted by atomic mass is 10.1. The summed E-state index contributed by atoms with van der Waals surface area (Å²) in [5, 5.41) is 19.0.